The molecule has 0 aromatic heterocycles. The van der Waals surface area contributed by atoms with Crippen LogP contribution in [-0.2, 0) is 4.74 Å². The van der Waals surface area contributed by atoms with E-state index < -0.39 is 0 Å². The van der Waals surface area contributed by atoms with Crippen molar-refractivity contribution in [3.63, 3.8) is 0 Å². The Morgan fingerprint density at radius 1 is 1.29 bits per heavy atom. The minimum Gasteiger partial charge on any atom is -0.367 e. The van der Waals surface area contributed by atoms with E-state index in [4.69, 9.17) is 4.74 Å². The topological polar surface area (TPSA) is 44.8 Å². The highest BCUT2D eigenvalue weighted by molar-refractivity contribution is 5.75. The van der Waals surface area contributed by atoms with E-state index in [2.05, 4.69) is 52.0 Å². The number of amides is 2. The van der Waals surface area contributed by atoms with Crippen LogP contribution in [0.4, 0.5) is 4.79 Å². The lowest BCUT2D eigenvalue weighted by Gasteiger charge is -2.37. The molecule has 2 aliphatic rings. The van der Waals surface area contributed by atoms with Crippen molar-refractivity contribution in [1.82, 2.24) is 15.1 Å². The van der Waals surface area contributed by atoms with E-state index >= 15 is 0 Å². The van der Waals surface area contributed by atoms with Gasteiger partial charge in [-0.1, -0.05) is 0 Å². The van der Waals surface area contributed by atoms with E-state index in [1.165, 1.54) is 6.42 Å². The van der Waals surface area contributed by atoms with Crippen molar-refractivity contribution in [2.75, 3.05) is 27.2 Å². The van der Waals surface area contributed by atoms with Crippen LogP contribution in [0.15, 0.2) is 0 Å². The molecule has 2 heterocycles. The number of likely N-dealkylation sites (tertiary alicyclic amines) is 1. The first-order chi connectivity index (χ1) is 9.61. The Hall–Kier alpha value is -0.810. The summed E-state index contributed by atoms with van der Waals surface area (Å²) in [5.41, 5.74) is -0.481. The maximum atomic E-state index is 12.6. The summed E-state index contributed by atoms with van der Waals surface area (Å²) < 4.78 is 6.05. The maximum absolute atomic E-state index is 12.6. The maximum Gasteiger partial charge on any atom is 0.317 e. The predicted molar refractivity (Wildman–Crippen MR) is 84.5 cm³/mol. The van der Waals surface area contributed by atoms with Crippen molar-refractivity contribution >= 4 is 6.03 Å². The molecule has 21 heavy (non-hydrogen) atoms. The second-order valence-corrected chi connectivity index (χ2v) is 7.88. The molecule has 0 spiro atoms. The molecule has 2 rings (SSSR count). The summed E-state index contributed by atoms with van der Waals surface area (Å²) in [5.74, 6) is 0. The fourth-order valence-electron chi connectivity index (χ4n) is 3.59. The molecule has 0 aliphatic carbocycles. The molecule has 5 nitrogen and oxygen atoms in total. The molecule has 0 aromatic rings. The van der Waals surface area contributed by atoms with Gasteiger partial charge in [-0.25, -0.2) is 4.79 Å². The fraction of sp³-hybridized carbons (Fsp3) is 0.938. The molecule has 122 valence electrons. The van der Waals surface area contributed by atoms with Crippen LogP contribution < -0.4 is 5.32 Å². The Kier molecular flexibility index (Phi) is 4.54. The first-order valence-electron chi connectivity index (χ1n) is 8.03. The monoisotopic (exact) mass is 297 g/mol. The van der Waals surface area contributed by atoms with Gasteiger partial charge in [-0.3, -0.25) is 0 Å². The molecule has 2 aliphatic heterocycles. The third-order valence-corrected chi connectivity index (χ3v) is 4.79. The van der Waals surface area contributed by atoms with Gasteiger partial charge >= 0.3 is 6.03 Å². The van der Waals surface area contributed by atoms with E-state index in [0.717, 1.165) is 25.9 Å². The lowest BCUT2D eigenvalue weighted by molar-refractivity contribution is -0.0693. The summed E-state index contributed by atoms with van der Waals surface area (Å²) in [6.07, 6.45) is 3.10. The largest absolute Gasteiger partial charge is 0.367 e. The number of nitrogens with zero attached hydrogens (tertiary/aromatic N) is 2. The number of nitrogens with one attached hydrogen (secondary N) is 1. The molecular formula is C16H31N3O2. The van der Waals surface area contributed by atoms with Gasteiger partial charge in [0, 0.05) is 19.1 Å². The molecule has 0 saturated carbocycles. The van der Waals surface area contributed by atoms with E-state index in [1.807, 2.05) is 4.90 Å². The van der Waals surface area contributed by atoms with Gasteiger partial charge in [-0.05, 0) is 61.1 Å². The molecule has 5 heteroatoms. The number of rotatable bonds is 2. The predicted octanol–water partition coefficient (Wildman–Crippen LogP) is 2.07. The summed E-state index contributed by atoms with van der Waals surface area (Å²) in [6, 6.07) is 0.592. The van der Waals surface area contributed by atoms with Crippen LogP contribution in [0.3, 0.4) is 0 Å². The number of hydrogen-bond acceptors (Lipinski definition) is 3. The molecule has 2 atom stereocenters. The highest BCUT2D eigenvalue weighted by Crippen LogP contribution is 2.37. The standard InChI is InChI=1S/C16H31N3O2/c1-15(2)10-13(16(3,4)21-15)17-14(20)19-9-7-8-12(11-19)18(5)6/h12-13H,7-11H2,1-6H3,(H,17,20)/t12-,13+/m1/s1. The Balaban J connectivity index is 1.95. The normalized spacial score (nSPS) is 31.5. The van der Waals surface area contributed by atoms with E-state index in [0.29, 0.717) is 6.04 Å². The molecule has 0 aromatic carbocycles. The average Bonchev–Trinajstić information content (AvgIpc) is 2.57. The van der Waals surface area contributed by atoms with Crippen LogP contribution in [0, 0.1) is 0 Å². The highest BCUT2D eigenvalue weighted by atomic mass is 16.5. The first-order valence-corrected chi connectivity index (χ1v) is 8.03. The number of carbonyl (C=O) groups excluding carboxylic acids is 1. The van der Waals surface area contributed by atoms with Crippen molar-refractivity contribution in [1.29, 1.82) is 0 Å². The van der Waals surface area contributed by atoms with Crippen LogP contribution in [-0.4, -0.2) is 66.3 Å². The Bertz CT molecular complexity index is 393. The van der Waals surface area contributed by atoms with Crippen molar-refractivity contribution in [3.8, 4) is 0 Å². The van der Waals surface area contributed by atoms with E-state index in [9.17, 15) is 4.79 Å². The van der Waals surface area contributed by atoms with E-state index in [-0.39, 0.29) is 23.3 Å². The summed E-state index contributed by atoms with van der Waals surface area (Å²) >= 11 is 0. The van der Waals surface area contributed by atoms with Gasteiger partial charge in [0.2, 0.25) is 0 Å². The molecular weight excluding hydrogens is 266 g/mol. The van der Waals surface area contributed by atoms with Gasteiger partial charge in [0.25, 0.3) is 0 Å². The van der Waals surface area contributed by atoms with Gasteiger partial charge in [-0.15, -0.1) is 0 Å². The van der Waals surface area contributed by atoms with E-state index in [1.54, 1.807) is 0 Å². The third kappa shape index (κ3) is 3.89. The van der Waals surface area contributed by atoms with Gasteiger partial charge < -0.3 is 19.9 Å². The van der Waals surface area contributed by atoms with Gasteiger partial charge in [0.15, 0.2) is 0 Å². The Morgan fingerprint density at radius 3 is 2.48 bits per heavy atom. The second kappa shape index (κ2) is 5.76. The smallest absolute Gasteiger partial charge is 0.317 e. The van der Waals surface area contributed by atoms with Crippen LogP contribution in [0.1, 0.15) is 47.0 Å². The second-order valence-electron chi connectivity index (χ2n) is 7.88. The fourth-order valence-corrected chi connectivity index (χ4v) is 3.59. The van der Waals surface area contributed by atoms with Crippen LogP contribution >= 0.6 is 0 Å². The summed E-state index contributed by atoms with van der Waals surface area (Å²) in [4.78, 5) is 16.7. The van der Waals surface area contributed by atoms with Gasteiger partial charge in [-0.2, -0.15) is 0 Å². The number of likely N-dealkylation sites (N-methyl/N-ethyl adjacent to an activating group) is 1. The number of piperidine rings is 1. The van der Waals surface area contributed by atoms with Crippen molar-refractivity contribution in [2.45, 2.75) is 70.2 Å². The molecule has 0 bridgehead atoms. The zero-order valence-electron chi connectivity index (χ0n) is 14.4. The van der Waals surface area contributed by atoms with Crippen LogP contribution in [0.2, 0.25) is 0 Å². The number of carbonyl (C=O) groups is 1. The summed E-state index contributed by atoms with van der Waals surface area (Å²) in [6.45, 7) is 9.97. The Morgan fingerprint density at radius 2 is 1.95 bits per heavy atom. The third-order valence-electron chi connectivity index (χ3n) is 4.79. The van der Waals surface area contributed by atoms with Gasteiger partial charge in [0.1, 0.15) is 0 Å². The van der Waals surface area contributed by atoms with Crippen molar-refractivity contribution in [2.24, 2.45) is 0 Å². The van der Waals surface area contributed by atoms with Crippen LogP contribution in [0.25, 0.3) is 0 Å². The molecule has 2 amide bonds. The zero-order chi connectivity index (χ0) is 15.8. The molecule has 2 saturated heterocycles. The molecule has 0 radical (unpaired) electrons. The van der Waals surface area contributed by atoms with Crippen LogP contribution in [0.5, 0.6) is 0 Å². The minimum absolute atomic E-state index is 0.0564. The minimum atomic E-state index is -0.310. The first kappa shape index (κ1) is 16.6. The SMILES string of the molecule is CN(C)[C@@H]1CCCN(C(=O)N[C@H]2CC(C)(C)OC2(C)C)C1. The molecule has 2 fully saturated rings. The molecule has 0 unspecified atom stereocenters. The number of urea groups is 1. The number of ether oxygens (including phenoxy) is 1. The molecule has 1 N–H and O–H groups in total. The van der Waals surface area contributed by atoms with Crippen molar-refractivity contribution in [3.05, 3.63) is 0 Å². The highest BCUT2D eigenvalue weighted by Gasteiger charge is 2.47. The van der Waals surface area contributed by atoms with Crippen molar-refractivity contribution < 1.29 is 9.53 Å². The summed E-state index contributed by atoms with van der Waals surface area (Å²) in [7, 11) is 4.17. The Labute approximate surface area is 129 Å². The average molecular weight is 297 g/mol. The number of hydrogen-bond donors (Lipinski definition) is 1. The quantitative estimate of drug-likeness (QED) is 0.848. The lowest BCUT2D eigenvalue weighted by atomic mass is 9.94. The van der Waals surface area contributed by atoms with Gasteiger partial charge in [0.05, 0.1) is 17.2 Å². The lowest BCUT2D eigenvalue weighted by Crippen LogP contribution is -2.55. The summed E-state index contributed by atoms with van der Waals surface area (Å²) in [5, 5.41) is 3.20. The zero-order valence-corrected chi connectivity index (χ0v) is 14.4.